The molecule has 0 saturated carbocycles. The molecule has 1 aromatic heterocycles. The zero-order chi connectivity index (χ0) is 9.84. The van der Waals surface area contributed by atoms with Crippen LogP contribution in [0.5, 0.6) is 0 Å². The maximum Gasteiger partial charge on any atom is 0.264 e. The van der Waals surface area contributed by atoms with Gasteiger partial charge < -0.3 is 5.11 Å². The van der Waals surface area contributed by atoms with E-state index in [0.717, 1.165) is 0 Å². The molecule has 72 valence electrons. The molecule has 0 aliphatic rings. The zero-order valence-electron chi connectivity index (χ0n) is 6.67. The van der Waals surface area contributed by atoms with Crippen molar-refractivity contribution in [3.05, 3.63) is 29.1 Å². The highest BCUT2D eigenvalue weighted by Crippen LogP contribution is 2.25. The first kappa shape index (κ1) is 10.3. The molecule has 0 spiro atoms. The monoisotopic (exact) mass is 207 g/mol. The normalized spacial score (nSPS) is 10.8. The van der Waals surface area contributed by atoms with Crippen molar-refractivity contribution in [2.75, 3.05) is 0 Å². The Morgan fingerprint density at radius 2 is 2.23 bits per heavy atom. The lowest BCUT2D eigenvalue weighted by atomic mass is 10.1. The largest absolute Gasteiger partial charge is 0.390 e. The fourth-order valence-electron chi connectivity index (χ4n) is 1.05. The molecule has 0 atom stereocenters. The lowest BCUT2D eigenvalue weighted by Crippen LogP contribution is -2.01. The molecule has 1 N–H and O–H groups in total. The second kappa shape index (κ2) is 4.48. The Morgan fingerprint density at radius 1 is 1.54 bits per heavy atom. The molecule has 0 saturated heterocycles. The average Bonchev–Trinajstić information content (AvgIpc) is 2.16. The SMILES string of the molecule is OCc1nccc(C(F)F)c1CCl. The highest BCUT2D eigenvalue weighted by molar-refractivity contribution is 6.17. The third-order valence-corrected chi connectivity index (χ3v) is 1.97. The van der Waals surface area contributed by atoms with Crippen molar-refractivity contribution >= 4 is 11.6 Å². The first-order chi connectivity index (χ1) is 6.20. The van der Waals surface area contributed by atoms with Crippen LogP contribution in [0.1, 0.15) is 23.2 Å². The van der Waals surface area contributed by atoms with Crippen LogP contribution in [0.3, 0.4) is 0 Å². The van der Waals surface area contributed by atoms with E-state index in [9.17, 15) is 8.78 Å². The Bertz CT molecular complexity index is 293. The van der Waals surface area contributed by atoms with Crippen LogP contribution < -0.4 is 0 Å². The number of aliphatic hydroxyl groups is 1. The van der Waals surface area contributed by atoms with Crippen molar-refractivity contribution in [1.29, 1.82) is 0 Å². The molecular weight excluding hydrogens is 200 g/mol. The number of hydrogen-bond acceptors (Lipinski definition) is 2. The van der Waals surface area contributed by atoms with E-state index in [2.05, 4.69) is 4.98 Å². The van der Waals surface area contributed by atoms with E-state index in [4.69, 9.17) is 16.7 Å². The predicted octanol–water partition coefficient (Wildman–Crippen LogP) is 2.25. The molecule has 2 nitrogen and oxygen atoms in total. The van der Waals surface area contributed by atoms with Gasteiger partial charge in [-0.05, 0) is 11.6 Å². The molecule has 0 amide bonds. The minimum absolute atomic E-state index is 0.0661. The van der Waals surface area contributed by atoms with E-state index < -0.39 is 6.43 Å². The molecule has 0 aliphatic heterocycles. The van der Waals surface area contributed by atoms with Crippen LogP contribution in [0.15, 0.2) is 12.3 Å². The summed E-state index contributed by atoms with van der Waals surface area (Å²) < 4.78 is 24.7. The highest BCUT2D eigenvalue weighted by atomic mass is 35.5. The number of aromatic nitrogens is 1. The molecule has 1 aromatic rings. The standard InChI is InChI=1S/C8H8ClF2NO/c9-3-6-5(8(10)11)1-2-12-7(6)4-13/h1-2,8,13H,3-4H2. The van der Waals surface area contributed by atoms with Gasteiger partial charge in [-0.2, -0.15) is 0 Å². The van der Waals surface area contributed by atoms with Crippen LogP contribution in [0.25, 0.3) is 0 Å². The van der Waals surface area contributed by atoms with Gasteiger partial charge in [0.15, 0.2) is 0 Å². The smallest absolute Gasteiger partial charge is 0.264 e. The second-order valence-electron chi connectivity index (χ2n) is 2.42. The summed E-state index contributed by atoms with van der Waals surface area (Å²) in [4.78, 5) is 3.74. The van der Waals surface area contributed by atoms with E-state index in [1.54, 1.807) is 0 Å². The number of nitrogens with zero attached hydrogens (tertiary/aromatic N) is 1. The van der Waals surface area contributed by atoms with Gasteiger partial charge >= 0.3 is 0 Å². The lowest BCUT2D eigenvalue weighted by Gasteiger charge is -2.08. The summed E-state index contributed by atoms with van der Waals surface area (Å²) in [6, 6.07) is 1.21. The number of halogens is 3. The Morgan fingerprint density at radius 3 is 2.69 bits per heavy atom. The van der Waals surface area contributed by atoms with Gasteiger partial charge in [-0.15, -0.1) is 11.6 Å². The summed E-state index contributed by atoms with van der Waals surface area (Å²) in [7, 11) is 0. The van der Waals surface area contributed by atoms with Gasteiger partial charge in [0.2, 0.25) is 0 Å². The minimum atomic E-state index is -2.58. The summed E-state index contributed by atoms with van der Waals surface area (Å²) in [5.41, 5.74) is 0.281. The molecule has 1 heterocycles. The average molecular weight is 208 g/mol. The fourth-order valence-corrected chi connectivity index (χ4v) is 1.36. The molecule has 0 unspecified atom stereocenters. The minimum Gasteiger partial charge on any atom is -0.390 e. The van der Waals surface area contributed by atoms with Gasteiger partial charge in [-0.1, -0.05) is 0 Å². The number of pyridine rings is 1. The highest BCUT2D eigenvalue weighted by Gasteiger charge is 2.15. The van der Waals surface area contributed by atoms with Gasteiger partial charge in [0.1, 0.15) is 0 Å². The van der Waals surface area contributed by atoms with Crippen molar-refractivity contribution in [3.8, 4) is 0 Å². The van der Waals surface area contributed by atoms with Crippen LogP contribution in [0, 0.1) is 0 Å². The Hall–Kier alpha value is -0.740. The lowest BCUT2D eigenvalue weighted by molar-refractivity contribution is 0.150. The van der Waals surface area contributed by atoms with E-state index in [1.807, 2.05) is 0 Å². The third kappa shape index (κ3) is 2.14. The maximum atomic E-state index is 12.4. The van der Waals surface area contributed by atoms with Crippen LogP contribution >= 0.6 is 11.6 Å². The molecule has 5 heteroatoms. The summed E-state index contributed by atoms with van der Waals surface area (Å²) in [5.74, 6) is -0.0661. The molecule has 0 aliphatic carbocycles. The van der Waals surface area contributed by atoms with Crippen molar-refractivity contribution in [1.82, 2.24) is 4.98 Å². The molecule has 1 rings (SSSR count). The summed E-state index contributed by atoms with van der Waals surface area (Å²) in [6.07, 6.45) is -1.34. The quantitative estimate of drug-likeness (QED) is 0.772. The third-order valence-electron chi connectivity index (χ3n) is 1.70. The van der Waals surface area contributed by atoms with E-state index in [1.165, 1.54) is 12.3 Å². The first-order valence-electron chi connectivity index (χ1n) is 3.62. The Balaban J connectivity index is 3.19. The molecule has 0 fully saturated rings. The molecular formula is C8H8ClF2NO. The number of alkyl halides is 3. The zero-order valence-corrected chi connectivity index (χ0v) is 7.43. The topological polar surface area (TPSA) is 33.1 Å². The summed E-state index contributed by atoms with van der Waals surface area (Å²) in [6.45, 7) is -0.372. The first-order valence-corrected chi connectivity index (χ1v) is 4.15. The Labute approximate surface area is 79.2 Å². The van der Waals surface area contributed by atoms with Gasteiger partial charge in [-0.3, -0.25) is 4.98 Å². The Kier molecular flexibility index (Phi) is 3.57. The van der Waals surface area contributed by atoms with Crippen molar-refractivity contribution in [2.24, 2.45) is 0 Å². The van der Waals surface area contributed by atoms with Gasteiger partial charge in [0, 0.05) is 17.6 Å². The van der Waals surface area contributed by atoms with E-state index in [-0.39, 0.29) is 29.3 Å². The molecule has 13 heavy (non-hydrogen) atoms. The van der Waals surface area contributed by atoms with Crippen LogP contribution in [-0.4, -0.2) is 10.1 Å². The number of rotatable bonds is 3. The van der Waals surface area contributed by atoms with Crippen molar-refractivity contribution in [2.45, 2.75) is 18.9 Å². The van der Waals surface area contributed by atoms with Gasteiger partial charge in [0.05, 0.1) is 12.3 Å². The summed E-state index contributed by atoms with van der Waals surface area (Å²) >= 11 is 5.48. The maximum absolute atomic E-state index is 12.4. The van der Waals surface area contributed by atoms with Crippen LogP contribution in [-0.2, 0) is 12.5 Å². The summed E-state index contributed by atoms with van der Waals surface area (Å²) in [5, 5.41) is 8.79. The molecule has 0 bridgehead atoms. The van der Waals surface area contributed by atoms with Gasteiger partial charge in [0.25, 0.3) is 6.43 Å². The van der Waals surface area contributed by atoms with Gasteiger partial charge in [-0.25, -0.2) is 8.78 Å². The molecule has 0 radical (unpaired) electrons. The predicted molar refractivity (Wildman–Crippen MR) is 44.7 cm³/mol. The van der Waals surface area contributed by atoms with Crippen molar-refractivity contribution in [3.63, 3.8) is 0 Å². The number of hydrogen-bond donors (Lipinski definition) is 1. The number of aliphatic hydroxyl groups excluding tert-OH is 1. The van der Waals surface area contributed by atoms with Crippen LogP contribution in [0.4, 0.5) is 8.78 Å². The van der Waals surface area contributed by atoms with E-state index in [0.29, 0.717) is 0 Å². The van der Waals surface area contributed by atoms with Crippen LogP contribution in [0.2, 0.25) is 0 Å². The molecule has 0 aromatic carbocycles. The second-order valence-corrected chi connectivity index (χ2v) is 2.69. The fraction of sp³-hybridized carbons (Fsp3) is 0.375. The van der Waals surface area contributed by atoms with E-state index >= 15 is 0 Å². The van der Waals surface area contributed by atoms with Crippen molar-refractivity contribution < 1.29 is 13.9 Å².